The van der Waals surface area contributed by atoms with Crippen molar-refractivity contribution in [1.29, 1.82) is 0 Å². The number of aromatic nitrogens is 1. The Bertz CT molecular complexity index is 342. The molecule has 90 valence electrons. The molecule has 2 atom stereocenters. The first-order valence-electron chi connectivity index (χ1n) is 5.83. The van der Waals surface area contributed by atoms with Crippen molar-refractivity contribution in [1.82, 2.24) is 9.88 Å². The van der Waals surface area contributed by atoms with Gasteiger partial charge >= 0.3 is 0 Å². The van der Waals surface area contributed by atoms with Gasteiger partial charge in [0.2, 0.25) is 0 Å². The van der Waals surface area contributed by atoms with Gasteiger partial charge in [0.15, 0.2) is 0 Å². The summed E-state index contributed by atoms with van der Waals surface area (Å²) in [7, 11) is 0. The molecule has 1 aromatic rings. The Kier molecular flexibility index (Phi) is 4.19. The molecule has 2 rings (SSSR count). The molecule has 16 heavy (non-hydrogen) atoms. The number of rotatable bonds is 2. The molecule has 2 unspecified atom stereocenters. The molecule has 1 aromatic heterocycles. The van der Waals surface area contributed by atoms with Crippen LogP contribution in [-0.4, -0.2) is 29.0 Å². The van der Waals surface area contributed by atoms with E-state index >= 15 is 0 Å². The van der Waals surface area contributed by atoms with Crippen LogP contribution in [0.3, 0.4) is 0 Å². The normalized spacial score (nSPS) is 27.9. The Hall–Kier alpha value is -0.160. The van der Waals surface area contributed by atoms with Gasteiger partial charge in [-0.25, -0.2) is 4.98 Å². The van der Waals surface area contributed by atoms with E-state index < -0.39 is 0 Å². The highest BCUT2D eigenvalue weighted by atomic mass is 35.5. The maximum atomic E-state index is 6.27. The van der Waals surface area contributed by atoms with Crippen LogP contribution in [0.1, 0.15) is 37.2 Å². The molecule has 2 heterocycles. The van der Waals surface area contributed by atoms with Crippen LogP contribution in [0.25, 0.3) is 0 Å². The summed E-state index contributed by atoms with van der Waals surface area (Å²) in [5.41, 5.74) is 6.27. The van der Waals surface area contributed by atoms with Gasteiger partial charge in [0.1, 0.15) is 9.34 Å². The van der Waals surface area contributed by atoms with E-state index in [4.69, 9.17) is 17.3 Å². The molecule has 3 nitrogen and oxygen atoms in total. The SMILES string of the molecule is CCN1CCCCC(N)C1c1ncc(Cl)s1. The molecule has 2 N–H and O–H groups in total. The molecule has 1 aliphatic rings. The zero-order valence-corrected chi connectivity index (χ0v) is 11.1. The predicted octanol–water partition coefficient (Wildman–Crippen LogP) is 2.67. The van der Waals surface area contributed by atoms with Crippen LogP contribution in [0.15, 0.2) is 6.20 Å². The van der Waals surface area contributed by atoms with Crippen LogP contribution >= 0.6 is 22.9 Å². The van der Waals surface area contributed by atoms with Crippen molar-refractivity contribution in [3.05, 3.63) is 15.5 Å². The van der Waals surface area contributed by atoms with Gasteiger partial charge < -0.3 is 5.73 Å². The van der Waals surface area contributed by atoms with Gasteiger partial charge in [-0.3, -0.25) is 4.90 Å². The molecular weight excluding hydrogens is 242 g/mol. The number of hydrogen-bond donors (Lipinski definition) is 1. The number of halogens is 1. The number of hydrogen-bond acceptors (Lipinski definition) is 4. The van der Waals surface area contributed by atoms with Crippen molar-refractivity contribution in [2.24, 2.45) is 5.73 Å². The van der Waals surface area contributed by atoms with Crippen molar-refractivity contribution in [3.63, 3.8) is 0 Å². The lowest BCUT2D eigenvalue weighted by molar-refractivity contribution is 0.195. The zero-order valence-electron chi connectivity index (χ0n) is 9.53. The number of likely N-dealkylation sites (N-methyl/N-ethyl adjacent to an activating group) is 1. The molecule has 0 aliphatic carbocycles. The van der Waals surface area contributed by atoms with E-state index in [1.165, 1.54) is 12.8 Å². The summed E-state index contributed by atoms with van der Waals surface area (Å²) >= 11 is 7.51. The minimum absolute atomic E-state index is 0.185. The van der Waals surface area contributed by atoms with Gasteiger partial charge in [0, 0.05) is 6.04 Å². The lowest BCUT2D eigenvalue weighted by Crippen LogP contribution is -2.39. The zero-order chi connectivity index (χ0) is 11.5. The molecule has 0 radical (unpaired) electrons. The second-order valence-electron chi connectivity index (χ2n) is 4.24. The second-order valence-corrected chi connectivity index (χ2v) is 5.93. The van der Waals surface area contributed by atoms with Crippen molar-refractivity contribution in [3.8, 4) is 0 Å². The summed E-state index contributed by atoms with van der Waals surface area (Å²) < 4.78 is 0.752. The van der Waals surface area contributed by atoms with E-state index in [0.717, 1.165) is 28.9 Å². The molecule has 0 amide bonds. The van der Waals surface area contributed by atoms with E-state index in [1.807, 2.05) is 0 Å². The average molecular weight is 260 g/mol. The fraction of sp³-hybridized carbons (Fsp3) is 0.727. The van der Waals surface area contributed by atoms with Gasteiger partial charge in [0.05, 0.1) is 12.2 Å². The van der Waals surface area contributed by atoms with Crippen molar-refractivity contribution >= 4 is 22.9 Å². The Morgan fingerprint density at radius 1 is 1.62 bits per heavy atom. The third-order valence-electron chi connectivity index (χ3n) is 3.19. The summed E-state index contributed by atoms with van der Waals surface area (Å²) in [4.78, 5) is 6.82. The number of likely N-dealkylation sites (tertiary alicyclic amines) is 1. The minimum atomic E-state index is 0.185. The Morgan fingerprint density at radius 2 is 2.44 bits per heavy atom. The molecule has 0 saturated carbocycles. The number of nitrogens with two attached hydrogens (primary N) is 1. The molecule has 1 saturated heterocycles. The first-order valence-corrected chi connectivity index (χ1v) is 7.02. The van der Waals surface area contributed by atoms with Crippen molar-refractivity contribution < 1.29 is 0 Å². The summed E-state index contributed by atoms with van der Waals surface area (Å²) in [5.74, 6) is 0. The molecule has 5 heteroatoms. The van der Waals surface area contributed by atoms with Gasteiger partial charge in [-0.2, -0.15) is 0 Å². The van der Waals surface area contributed by atoms with Gasteiger partial charge in [-0.15, -0.1) is 11.3 Å². The highest BCUT2D eigenvalue weighted by Gasteiger charge is 2.29. The van der Waals surface area contributed by atoms with Crippen LogP contribution in [0.5, 0.6) is 0 Å². The topological polar surface area (TPSA) is 42.1 Å². The molecule has 0 bridgehead atoms. The maximum Gasteiger partial charge on any atom is 0.113 e. The smallest absolute Gasteiger partial charge is 0.113 e. The Balaban J connectivity index is 2.25. The van der Waals surface area contributed by atoms with Gasteiger partial charge in [-0.05, 0) is 25.9 Å². The van der Waals surface area contributed by atoms with E-state index in [-0.39, 0.29) is 12.1 Å². The summed E-state index contributed by atoms with van der Waals surface area (Å²) in [6.07, 6.45) is 5.26. The summed E-state index contributed by atoms with van der Waals surface area (Å²) in [6, 6.07) is 0.440. The highest BCUT2D eigenvalue weighted by molar-refractivity contribution is 7.15. The van der Waals surface area contributed by atoms with Crippen LogP contribution in [-0.2, 0) is 0 Å². The molecule has 0 aromatic carbocycles. The van der Waals surface area contributed by atoms with E-state index in [1.54, 1.807) is 17.5 Å². The minimum Gasteiger partial charge on any atom is -0.326 e. The van der Waals surface area contributed by atoms with E-state index in [2.05, 4.69) is 16.8 Å². The Labute approximate surface area is 106 Å². The van der Waals surface area contributed by atoms with E-state index in [9.17, 15) is 0 Å². The monoisotopic (exact) mass is 259 g/mol. The summed E-state index contributed by atoms with van der Waals surface area (Å²) in [6.45, 7) is 4.32. The third kappa shape index (κ3) is 2.56. The average Bonchev–Trinajstić information content (AvgIpc) is 2.59. The largest absolute Gasteiger partial charge is 0.326 e. The van der Waals surface area contributed by atoms with Crippen LogP contribution in [0.2, 0.25) is 4.34 Å². The fourth-order valence-electron chi connectivity index (χ4n) is 2.36. The molecule has 1 fully saturated rings. The van der Waals surface area contributed by atoms with Crippen LogP contribution in [0.4, 0.5) is 0 Å². The van der Waals surface area contributed by atoms with Crippen LogP contribution < -0.4 is 5.73 Å². The van der Waals surface area contributed by atoms with Crippen LogP contribution in [0, 0.1) is 0 Å². The predicted molar refractivity (Wildman–Crippen MR) is 68.9 cm³/mol. The number of thiazole rings is 1. The highest BCUT2D eigenvalue weighted by Crippen LogP contribution is 2.33. The standard InChI is InChI=1S/C11H18ClN3S/c1-2-15-6-4-3-5-8(13)10(15)11-14-7-9(12)16-11/h7-8,10H,2-6,13H2,1H3. The second kappa shape index (κ2) is 5.45. The van der Waals surface area contributed by atoms with Crippen molar-refractivity contribution in [2.45, 2.75) is 38.3 Å². The third-order valence-corrected chi connectivity index (χ3v) is 4.37. The Morgan fingerprint density at radius 3 is 3.06 bits per heavy atom. The molecular formula is C11H18ClN3S. The van der Waals surface area contributed by atoms with E-state index in [0.29, 0.717) is 0 Å². The first-order chi connectivity index (χ1) is 7.72. The fourth-order valence-corrected chi connectivity index (χ4v) is 3.50. The van der Waals surface area contributed by atoms with Crippen molar-refractivity contribution in [2.75, 3.05) is 13.1 Å². The maximum absolute atomic E-state index is 6.27. The lowest BCUT2D eigenvalue weighted by Gasteiger charge is -2.30. The summed E-state index contributed by atoms with van der Waals surface area (Å²) in [5, 5.41) is 1.07. The number of nitrogens with zero attached hydrogens (tertiary/aromatic N) is 2. The lowest BCUT2D eigenvalue weighted by atomic mass is 10.1. The molecule has 0 spiro atoms. The molecule has 1 aliphatic heterocycles. The quantitative estimate of drug-likeness (QED) is 0.888. The van der Waals surface area contributed by atoms with Gasteiger partial charge in [0.25, 0.3) is 0 Å². The first kappa shape index (κ1) is 12.3. The van der Waals surface area contributed by atoms with Gasteiger partial charge in [-0.1, -0.05) is 24.9 Å².